The number of hydrogen-bond acceptors (Lipinski definition) is 6. The van der Waals surface area contributed by atoms with Crippen LogP contribution in [0.3, 0.4) is 0 Å². The van der Waals surface area contributed by atoms with Gasteiger partial charge in [-0.15, -0.1) is 0 Å². The summed E-state index contributed by atoms with van der Waals surface area (Å²) >= 11 is 0. The number of hydrogen-bond donors (Lipinski definition) is 1. The molecular weight excluding hydrogens is 502 g/mol. The Morgan fingerprint density at radius 2 is 1.66 bits per heavy atom. The van der Waals surface area contributed by atoms with Crippen molar-refractivity contribution in [3.8, 4) is 0 Å². The molecule has 4 rings (SSSR count). The van der Waals surface area contributed by atoms with Crippen molar-refractivity contribution in [3.63, 3.8) is 0 Å². The zero-order valence-electron chi connectivity index (χ0n) is 23.2. The largest absolute Gasteiger partial charge is 0.468 e. The molecule has 1 fully saturated rings. The number of nitrogens with one attached hydrogen (secondary N) is 1. The second-order valence-electron chi connectivity index (χ2n) is 11.8. The molecule has 0 bridgehead atoms. The van der Waals surface area contributed by atoms with E-state index in [1.54, 1.807) is 6.92 Å². The number of Topliss-reactive ketones (excluding diaryl/α,β-unsaturated/α-hetero) is 1. The van der Waals surface area contributed by atoms with Crippen LogP contribution < -0.4 is 4.72 Å². The first-order chi connectivity index (χ1) is 17.9. The fourth-order valence-corrected chi connectivity index (χ4v) is 7.68. The molecule has 0 radical (unpaired) electrons. The number of carbonyl (C=O) groups is 3. The standard InChI is InChI=1S/C30H39NO6S/c1-19(32)21-15-22-17-29(26(33)36-5,27(34)37-6)18-24(22)30(23(16-21)20-11-8-7-9-12-20)14-10-13-25(30)31-38(35)28(2,3)4/h7-9,11-12,16,23,25,31H,10,13-15,17-18H2,1-6H3/t23-,25-,30-,38?/m0/s1. The summed E-state index contributed by atoms with van der Waals surface area (Å²) in [5.74, 6) is -1.50. The number of rotatable bonds is 6. The van der Waals surface area contributed by atoms with Gasteiger partial charge in [0.1, 0.15) is 0 Å². The Labute approximate surface area is 228 Å². The number of ether oxygens (including phenoxy) is 2. The van der Waals surface area contributed by atoms with Gasteiger partial charge in [0, 0.05) is 17.4 Å². The summed E-state index contributed by atoms with van der Waals surface area (Å²) in [7, 11) is 1.23. The van der Waals surface area contributed by atoms with Gasteiger partial charge in [-0.3, -0.25) is 14.4 Å². The van der Waals surface area contributed by atoms with Crippen molar-refractivity contribution in [2.24, 2.45) is 10.8 Å². The second kappa shape index (κ2) is 10.5. The van der Waals surface area contributed by atoms with E-state index in [0.29, 0.717) is 12.0 Å². The minimum Gasteiger partial charge on any atom is -0.468 e. The van der Waals surface area contributed by atoms with E-state index >= 15 is 0 Å². The van der Waals surface area contributed by atoms with Crippen molar-refractivity contribution < 1.29 is 28.1 Å². The normalized spacial score (nSPS) is 27.4. The van der Waals surface area contributed by atoms with Gasteiger partial charge in [0.15, 0.2) is 11.2 Å². The quantitative estimate of drug-likeness (QED) is 0.318. The first kappa shape index (κ1) is 28.4. The maximum absolute atomic E-state index is 13.4. The minimum absolute atomic E-state index is 0.0377. The molecule has 1 N–H and O–H groups in total. The maximum Gasteiger partial charge on any atom is 0.323 e. The molecule has 0 aromatic heterocycles. The van der Waals surface area contributed by atoms with Crippen molar-refractivity contribution in [2.75, 3.05) is 14.2 Å². The highest BCUT2D eigenvalue weighted by Crippen LogP contribution is 2.63. The zero-order valence-corrected chi connectivity index (χ0v) is 24.0. The van der Waals surface area contributed by atoms with Crippen LogP contribution in [0.25, 0.3) is 0 Å². The van der Waals surface area contributed by atoms with Gasteiger partial charge in [-0.05, 0) is 70.9 Å². The monoisotopic (exact) mass is 541 g/mol. The number of benzene rings is 1. The van der Waals surface area contributed by atoms with Gasteiger partial charge in [-0.2, -0.15) is 0 Å². The van der Waals surface area contributed by atoms with Gasteiger partial charge in [0.05, 0.1) is 30.0 Å². The molecule has 0 amide bonds. The summed E-state index contributed by atoms with van der Waals surface area (Å²) in [4.78, 5) is 39.4. The molecule has 0 heterocycles. The van der Waals surface area contributed by atoms with Crippen molar-refractivity contribution in [2.45, 2.75) is 82.9 Å². The summed E-state index contributed by atoms with van der Waals surface area (Å²) in [6.07, 6.45) is 5.19. The molecule has 0 saturated heterocycles. The molecule has 1 unspecified atom stereocenters. The lowest BCUT2D eigenvalue weighted by Crippen LogP contribution is -2.50. The third-order valence-corrected chi connectivity index (χ3v) is 10.2. The van der Waals surface area contributed by atoms with Crippen molar-refractivity contribution in [1.82, 2.24) is 4.72 Å². The lowest BCUT2D eigenvalue weighted by atomic mass is 9.62. The molecule has 1 saturated carbocycles. The number of methoxy groups -OCH3 is 2. The molecular formula is C30H39NO6S. The number of fused-ring (bicyclic) bond motifs is 1. The third-order valence-electron chi connectivity index (χ3n) is 8.58. The first-order valence-corrected chi connectivity index (χ1v) is 14.4. The van der Waals surface area contributed by atoms with Gasteiger partial charge in [-0.1, -0.05) is 54.0 Å². The molecule has 8 heteroatoms. The predicted octanol–water partition coefficient (Wildman–Crippen LogP) is 4.70. The molecule has 1 aromatic rings. The maximum atomic E-state index is 13.4. The van der Waals surface area contributed by atoms with Gasteiger partial charge in [-0.25, -0.2) is 8.93 Å². The Balaban J connectivity index is 1.97. The first-order valence-electron chi connectivity index (χ1n) is 13.2. The van der Waals surface area contributed by atoms with Crippen LogP contribution in [0.1, 0.15) is 77.7 Å². The van der Waals surface area contributed by atoms with Crippen LogP contribution in [0.5, 0.6) is 0 Å². The van der Waals surface area contributed by atoms with Crippen LogP contribution in [-0.2, 0) is 34.8 Å². The molecule has 1 spiro atoms. The molecule has 38 heavy (non-hydrogen) atoms. The molecule has 3 aliphatic carbocycles. The lowest BCUT2D eigenvalue weighted by molar-refractivity contribution is -0.168. The topological polar surface area (TPSA) is 98.8 Å². The zero-order chi connectivity index (χ0) is 27.9. The van der Waals surface area contributed by atoms with Crippen LogP contribution in [0.15, 0.2) is 53.1 Å². The van der Waals surface area contributed by atoms with Gasteiger partial charge in [0.2, 0.25) is 0 Å². The summed E-state index contributed by atoms with van der Waals surface area (Å²) in [5, 5.41) is 0. The van der Waals surface area contributed by atoms with Crippen molar-refractivity contribution in [3.05, 3.63) is 58.7 Å². The number of carbonyl (C=O) groups excluding carboxylic acids is 3. The van der Waals surface area contributed by atoms with E-state index in [4.69, 9.17) is 9.47 Å². The molecule has 0 aliphatic heterocycles. The third kappa shape index (κ3) is 4.70. The highest BCUT2D eigenvalue weighted by molar-refractivity contribution is 7.84. The molecule has 206 valence electrons. The number of ketones is 1. The van der Waals surface area contributed by atoms with E-state index in [-0.39, 0.29) is 30.6 Å². The summed E-state index contributed by atoms with van der Waals surface area (Å²) in [5.41, 5.74) is 1.53. The minimum atomic E-state index is -1.50. The SMILES string of the molecule is COC(=O)C1(C(=O)OC)CC2=C(C1)[C@]1(CCC[C@@H]1NS(=O)C(C)(C)C)[C@H](c1ccccc1)C=C(C(C)=O)C2. The van der Waals surface area contributed by atoms with Crippen LogP contribution in [0, 0.1) is 10.8 Å². The van der Waals surface area contributed by atoms with E-state index in [2.05, 4.69) is 22.9 Å². The average Bonchev–Trinajstić information content (AvgIpc) is 3.44. The summed E-state index contributed by atoms with van der Waals surface area (Å²) in [6.45, 7) is 7.38. The fraction of sp³-hybridized carbons (Fsp3) is 0.567. The molecule has 1 aromatic carbocycles. The van der Waals surface area contributed by atoms with Crippen LogP contribution in [0.2, 0.25) is 0 Å². The highest BCUT2D eigenvalue weighted by atomic mass is 32.2. The molecule has 4 atom stereocenters. The van der Waals surface area contributed by atoms with E-state index in [1.165, 1.54) is 14.2 Å². The summed E-state index contributed by atoms with van der Waals surface area (Å²) < 4.78 is 26.7. The van der Waals surface area contributed by atoms with Crippen LogP contribution in [-0.4, -0.2) is 46.9 Å². The van der Waals surface area contributed by atoms with E-state index in [0.717, 1.165) is 36.0 Å². The Hall–Kier alpha value is -2.58. The van der Waals surface area contributed by atoms with Gasteiger partial charge < -0.3 is 9.47 Å². The lowest BCUT2D eigenvalue weighted by Gasteiger charge is -2.44. The van der Waals surface area contributed by atoms with Crippen LogP contribution in [0.4, 0.5) is 0 Å². The van der Waals surface area contributed by atoms with Crippen molar-refractivity contribution >= 4 is 28.7 Å². The molecule has 7 nitrogen and oxygen atoms in total. The van der Waals surface area contributed by atoms with Gasteiger partial charge in [0.25, 0.3) is 0 Å². The Bertz CT molecular complexity index is 1190. The Morgan fingerprint density at radius 1 is 1.03 bits per heavy atom. The number of allylic oxidation sites excluding steroid dienone is 3. The van der Waals surface area contributed by atoms with Crippen molar-refractivity contribution in [1.29, 1.82) is 0 Å². The van der Waals surface area contributed by atoms with E-state index in [1.807, 2.05) is 39.0 Å². The second-order valence-corrected chi connectivity index (χ2v) is 13.8. The highest BCUT2D eigenvalue weighted by Gasteiger charge is 2.61. The summed E-state index contributed by atoms with van der Waals surface area (Å²) in [6, 6.07) is 9.86. The van der Waals surface area contributed by atoms with E-state index < -0.39 is 38.5 Å². The smallest absolute Gasteiger partial charge is 0.323 e. The Kier molecular flexibility index (Phi) is 7.88. The number of esters is 2. The van der Waals surface area contributed by atoms with Gasteiger partial charge >= 0.3 is 11.9 Å². The predicted molar refractivity (Wildman–Crippen MR) is 146 cm³/mol. The van der Waals surface area contributed by atoms with E-state index in [9.17, 15) is 18.6 Å². The average molecular weight is 542 g/mol. The fourth-order valence-electron chi connectivity index (χ4n) is 6.74. The molecule has 3 aliphatic rings. The Morgan fingerprint density at radius 3 is 2.21 bits per heavy atom. The van der Waals surface area contributed by atoms with Crippen LogP contribution >= 0.6 is 0 Å².